The van der Waals surface area contributed by atoms with Crippen molar-refractivity contribution in [2.75, 3.05) is 5.32 Å². The first-order chi connectivity index (χ1) is 10.7. The van der Waals surface area contributed by atoms with Crippen LogP contribution in [0.5, 0.6) is 0 Å². The van der Waals surface area contributed by atoms with Crippen LogP contribution in [0.2, 0.25) is 4.34 Å². The summed E-state index contributed by atoms with van der Waals surface area (Å²) in [5.74, 6) is 0.530. The zero-order valence-corrected chi connectivity index (χ0v) is 15.1. The third-order valence-electron chi connectivity index (χ3n) is 3.03. The Morgan fingerprint density at radius 3 is 2.87 bits per heavy atom. The molecule has 1 atom stereocenters. The highest BCUT2D eigenvalue weighted by Crippen LogP contribution is 2.25. The largest absolute Gasteiger partial charge is 0.444 e. The summed E-state index contributed by atoms with van der Waals surface area (Å²) in [6.07, 6.45) is 1.16. The number of hydrogen-bond donors (Lipinski definition) is 3. The minimum absolute atomic E-state index is 0.142. The fourth-order valence-corrected chi connectivity index (χ4v) is 2.87. The van der Waals surface area contributed by atoms with E-state index in [2.05, 4.69) is 27.8 Å². The number of halogens is 1. The van der Waals surface area contributed by atoms with Crippen molar-refractivity contribution in [3.8, 4) is 0 Å². The van der Waals surface area contributed by atoms with E-state index < -0.39 is 11.7 Å². The maximum Gasteiger partial charge on any atom is 0.413 e. The smallest absolute Gasteiger partial charge is 0.413 e. The molecular formula is C15H21ClN4O2S. The standard InChI is InChI=1S/C15H21ClN4O2S/c1-9(10-5-12(16)23-8-10)17-6-11-7-18-20-13(11)19-14(21)22-15(2,3)4/h5,7-9,17H,6H2,1-4H3,(H2,18,19,20,21). The number of aromatic amines is 1. The molecule has 0 bridgehead atoms. The number of thiophene rings is 1. The lowest BCUT2D eigenvalue weighted by Crippen LogP contribution is -2.28. The zero-order chi connectivity index (χ0) is 17.0. The van der Waals surface area contributed by atoms with E-state index in [-0.39, 0.29) is 6.04 Å². The van der Waals surface area contributed by atoms with Crippen LogP contribution in [-0.4, -0.2) is 21.9 Å². The topological polar surface area (TPSA) is 79.0 Å². The van der Waals surface area contributed by atoms with E-state index in [9.17, 15) is 4.79 Å². The Morgan fingerprint density at radius 2 is 2.26 bits per heavy atom. The fourth-order valence-electron chi connectivity index (χ4n) is 1.89. The Kier molecular flexibility index (Phi) is 5.67. The van der Waals surface area contributed by atoms with Gasteiger partial charge in [0.1, 0.15) is 11.4 Å². The van der Waals surface area contributed by atoms with Crippen molar-refractivity contribution in [2.45, 2.75) is 45.9 Å². The third kappa shape index (κ3) is 5.53. The molecule has 1 amide bonds. The number of amides is 1. The van der Waals surface area contributed by atoms with Crippen molar-refractivity contribution in [1.29, 1.82) is 0 Å². The maximum atomic E-state index is 11.8. The van der Waals surface area contributed by atoms with Crippen molar-refractivity contribution in [3.05, 3.63) is 33.1 Å². The highest BCUT2D eigenvalue weighted by atomic mass is 35.5. The zero-order valence-electron chi connectivity index (χ0n) is 13.6. The number of H-pyrrole nitrogens is 1. The van der Waals surface area contributed by atoms with E-state index in [0.29, 0.717) is 12.4 Å². The van der Waals surface area contributed by atoms with E-state index in [1.165, 1.54) is 11.3 Å². The number of hydrogen-bond acceptors (Lipinski definition) is 5. The molecule has 126 valence electrons. The average molecular weight is 357 g/mol. The highest BCUT2D eigenvalue weighted by Gasteiger charge is 2.18. The summed E-state index contributed by atoms with van der Waals surface area (Å²) >= 11 is 7.46. The number of rotatable bonds is 5. The second-order valence-corrected chi connectivity index (χ2v) is 7.73. The third-order valence-corrected chi connectivity index (χ3v) is 4.14. The van der Waals surface area contributed by atoms with Crippen LogP contribution < -0.4 is 10.6 Å². The molecule has 0 radical (unpaired) electrons. The van der Waals surface area contributed by atoms with Gasteiger partial charge in [0, 0.05) is 18.2 Å². The normalized spacial score (nSPS) is 12.9. The summed E-state index contributed by atoms with van der Waals surface area (Å²) in [5.41, 5.74) is 1.43. The first-order valence-electron chi connectivity index (χ1n) is 7.24. The van der Waals surface area contributed by atoms with Gasteiger partial charge in [-0.05, 0) is 44.7 Å². The van der Waals surface area contributed by atoms with Crippen LogP contribution in [0, 0.1) is 0 Å². The molecule has 2 aromatic heterocycles. The molecule has 0 saturated heterocycles. The Bertz CT molecular complexity index is 662. The lowest BCUT2D eigenvalue weighted by Gasteiger charge is -2.19. The number of carbonyl (C=O) groups is 1. The van der Waals surface area contributed by atoms with Gasteiger partial charge in [-0.3, -0.25) is 10.4 Å². The van der Waals surface area contributed by atoms with Crippen LogP contribution in [-0.2, 0) is 11.3 Å². The summed E-state index contributed by atoms with van der Waals surface area (Å²) in [4.78, 5) is 11.8. The summed E-state index contributed by atoms with van der Waals surface area (Å²) in [6.45, 7) is 8.05. The minimum Gasteiger partial charge on any atom is -0.444 e. The molecule has 0 spiro atoms. The average Bonchev–Trinajstić information content (AvgIpc) is 3.03. The van der Waals surface area contributed by atoms with Crippen LogP contribution in [0.25, 0.3) is 0 Å². The molecule has 2 rings (SSSR count). The van der Waals surface area contributed by atoms with Gasteiger partial charge in [-0.1, -0.05) is 11.6 Å². The van der Waals surface area contributed by atoms with Gasteiger partial charge in [-0.25, -0.2) is 4.79 Å². The van der Waals surface area contributed by atoms with Crippen molar-refractivity contribution in [1.82, 2.24) is 15.5 Å². The highest BCUT2D eigenvalue weighted by molar-refractivity contribution is 7.14. The number of carbonyl (C=O) groups excluding carboxylic acids is 1. The molecule has 2 aromatic rings. The summed E-state index contributed by atoms with van der Waals surface area (Å²) in [5, 5.41) is 14.8. The van der Waals surface area contributed by atoms with Gasteiger partial charge in [-0.15, -0.1) is 11.3 Å². The SMILES string of the molecule is CC(NCc1cn[nH]c1NC(=O)OC(C)(C)C)c1csc(Cl)c1. The number of anilines is 1. The molecule has 6 nitrogen and oxygen atoms in total. The Morgan fingerprint density at radius 1 is 1.52 bits per heavy atom. The maximum absolute atomic E-state index is 11.8. The Labute approximate surface area is 144 Å². The van der Waals surface area contributed by atoms with E-state index in [1.54, 1.807) is 6.20 Å². The van der Waals surface area contributed by atoms with Crippen LogP contribution in [0.3, 0.4) is 0 Å². The minimum atomic E-state index is -0.546. The van der Waals surface area contributed by atoms with Gasteiger partial charge in [-0.2, -0.15) is 5.10 Å². The predicted molar refractivity (Wildman–Crippen MR) is 93.0 cm³/mol. The van der Waals surface area contributed by atoms with Gasteiger partial charge in [0.05, 0.1) is 10.5 Å². The molecule has 0 aliphatic heterocycles. The number of ether oxygens (including phenoxy) is 1. The molecule has 1 unspecified atom stereocenters. The van der Waals surface area contributed by atoms with E-state index in [4.69, 9.17) is 16.3 Å². The van der Waals surface area contributed by atoms with Gasteiger partial charge < -0.3 is 10.1 Å². The van der Waals surface area contributed by atoms with Crippen LogP contribution in [0.1, 0.15) is 44.9 Å². The molecule has 2 heterocycles. The number of aromatic nitrogens is 2. The van der Waals surface area contributed by atoms with Crippen molar-refractivity contribution in [3.63, 3.8) is 0 Å². The Hall–Kier alpha value is -1.57. The summed E-state index contributed by atoms with van der Waals surface area (Å²) in [6, 6.07) is 2.09. The molecule has 0 aliphatic carbocycles. The lowest BCUT2D eigenvalue weighted by atomic mass is 10.2. The van der Waals surface area contributed by atoms with Crippen molar-refractivity contribution < 1.29 is 9.53 Å². The monoisotopic (exact) mass is 356 g/mol. The number of nitrogens with one attached hydrogen (secondary N) is 3. The summed E-state index contributed by atoms with van der Waals surface area (Å²) in [7, 11) is 0. The van der Waals surface area contributed by atoms with Crippen LogP contribution >= 0.6 is 22.9 Å². The second kappa shape index (κ2) is 7.33. The van der Waals surface area contributed by atoms with Crippen molar-refractivity contribution in [2.24, 2.45) is 0 Å². The van der Waals surface area contributed by atoms with Gasteiger partial charge in [0.15, 0.2) is 0 Å². The number of nitrogens with zero attached hydrogens (tertiary/aromatic N) is 1. The molecule has 0 aromatic carbocycles. The second-order valence-electron chi connectivity index (χ2n) is 6.18. The molecular weight excluding hydrogens is 336 g/mol. The molecule has 0 saturated carbocycles. The molecule has 0 aliphatic rings. The van der Waals surface area contributed by atoms with Crippen molar-refractivity contribution >= 4 is 34.8 Å². The summed E-state index contributed by atoms with van der Waals surface area (Å²) < 4.78 is 6.00. The van der Waals surface area contributed by atoms with E-state index in [1.807, 2.05) is 32.2 Å². The van der Waals surface area contributed by atoms with Gasteiger partial charge in [0.2, 0.25) is 0 Å². The predicted octanol–water partition coefficient (Wildman–Crippen LogP) is 4.32. The molecule has 8 heteroatoms. The van der Waals surface area contributed by atoms with Crippen LogP contribution in [0.4, 0.5) is 10.6 Å². The first kappa shape index (κ1) is 17.8. The Balaban J connectivity index is 1.92. The lowest BCUT2D eigenvalue weighted by molar-refractivity contribution is 0.0635. The molecule has 23 heavy (non-hydrogen) atoms. The molecule has 3 N–H and O–H groups in total. The van der Waals surface area contributed by atoms with Gasteiger partial charge in [0.25, 0.3) is 0 Å². The van der Waals surface area contributed by atoms with E-state index in [0.717, 1.165) is 15.5 Å². The quantitative estimate of drug-likeness (QED) is 0.745. The fraction of sp³-hybridized carbons (Fsp3) is 0.467. The van der Waals surface area contributed by atoms with Crippen LogP contribution in [0.15, 0.2) is 17.6 Å². The van der Waals surface area contributed by atoms with E-state index >= 15 is 0 Å². The molecule has 0 fully saturated rings. The van der Waals surface area contributed by atoms with Gasteiger partial charge >= 0.3 is 6.09 Å². The first-order valence-corrected chi connectivity index (χ1v) is 8.50.